The van der Waals surface area contributed by atoms with Crippen molar-refractivity contribution < 1.29 is 9.47 Å². The van der Waals surface area contributed by atoms with Crippen molar-refractivity contribution in [3.63, 3.8) is 0 Å². The highest BCUT2D eigenvalue weighted by atomic mass is 79.9. The van der Waals surface area contributed by atoms with Crippen molar-refractivity contribution in [2.45, 2.75) is 39.8 Å². The van der Waals surface area contributed by atoms with Gasteiger partial charge in [0.15, 0.2) is 11.5 Å². The molecule has 1 heterocycles. The molecule has 0 amide bonds. The Morgan fingerprint density at radius 2 is 1.76 bits per heavy atom. The summed E-state index contributed by atoms with van der Waals surface area (Å²) in [7, 11) is 0. The fourth-order valence-corrected chi connectivity index (χ4v) is 4.21. The number of benzene rings is 3. The highest BCUT2D eigenvalue weighted by Gasteiger charge is 2.12. The van der Waals surface area contributed by atoms with Gasteiger partial charge in [0, 0.05) is 17.4 Å². The summed E-state index contributed by atoms with van der Waals surface area (Å²) in [6, 6.07) is 20.5. The summed E-state index contributed by atoms with van der Waals surface area (Å²) >= 11 is 3.71. The summed E-state index contributed by atoms with van der Waals surface area (Å²) in [5, 5.41) is 3.53. The van der Waals surface area contributed by atoms with E-state index in [4.69, 9.17) is 9.47 Å². The number of fused-ring (bicyclic) bond motifs is 1. The highest BCUT2D eigenvalue weighted by Crippen LogP contribution is 2.34. The van der Waals surface area contributed by atoms with Crippen LogP contribution in [0, 0.1) is 6.92 Å². The number of aryl methyl sites for hydroxylation is 2. The third kappa shape index (κ3) is 6.15. The predicted octanol–water partition coefficient (Wildman–Crippen LogP) is 6.33. The fraction of sp³-hybridized carbons (Fsp3) is 0.296. The van der Waals surface area contributed by atoms with Crippen LogP contribution in [0.2, 0.25) is 0 Å². The normalized spacial score (nSPS) is 11.1. The lowest BCUT2D eigenvalue weighted by atomic mass is 10.1. The van der Waals surface area contributed by atoms with Crippen LogP contribution in [0.4, 0.5) is 0 Å². The first-order valence-corrected chi connectivity index (χ1v) is 12.2. The zero-order valence-electron chi connectivity index (χ0n) is 19.2. The Morgan fingerprint density at radius 3 is 2.58 bits per heavy atom. The minimum atomic E-state index is 0.512. The summed E-state index contributed by atoms with van der Waals surface area (Å²) in [6.45, 7) is 6.84. The van der Waals surface area contributed by atoms with Gasteiger partial charge >= 0.3 is 0 Å². The number of hydrogen-bond donors (Lipinski definition) is 2. The molecule has 4 aromatic rings. The van der Waals surface area contributed by atoms with Crippen molar-refractivity contribution in [1.29, 1.82) is 0 Å². The lowest BCUT2D eigenvalue weighted by Crippen LogP contribution is -2.16. The summed E-state index contributed by atoms with van der Waals surface area (Å²) < 4.78 is 13.0. The first-order valence-electron chi connectivity index (χ1n) is 11.4. The average Bonchev–Trinajstić information content (AvgIpc) is 3.23. The zero-order valence-corrected chi connectivity index (χ0v) is 20.7. The van der Waals surface area contributed by atoms with Gasteiger partial charge in [-0.1, -0.05) is 52.3 Å². The number of hydrogen-bond acceptors (Lipinski definition) is 4. The number of nitrogens with one attached hydrogen (secondary N) is 2. The van der Waals surface area contributed by atoms with Gasteiger partial charge < -0.3 is 19.8 Å². The van der Waals surface area contributed by atoms with Gasteiger partial charge in [-0.05, 0) is 67.8 Å². The van der Waals surface area contributed by atoms with Gasteiger partial charge in [0.1, 0.15) is 12.4 Å². The van der Waals surface area contributed by atoms with Crippen LogP contribution in [0.3, 0.4) is 0 Å². The second kappa shape index (κ2) is 11.3. The molecular weight excluding hydrogens is 478 g/mol. The van der Waals surface area contributed by atoms with E-state index in [-0.39, 0.29) is 0 Å². The topological polar surface area (TPSA) is 59.2 Å². The maximum absolute atomic E-state index is 6.12. The number of rotatable bonds is 11. The van der Waals surface area contributed by atoms with E-state index in [0.29, 0.717) is 13.2 Å². The minimum Gasteiger partial charge on any atom is -0.490 e. The number of aromatic amines is 1. The Balaban J connectivity index is 1.32. The Hall–Kier alpha value is -2.83. The molecule has 5 nitrogen and oxygen atoms in total. The molecule has 0 unspecified atom stereocenters. The predicted molar refractivity (Wildman–Crippen MR) is 137 cm³/mol. The van der Waals surface area contributed by atoms with Crippen molar-refractivity contribution in [2.24, 2.45) is 0 Å². The molecule has 0 aliphatic carbocycles. The van der Waals surface area contributed by atoms with E-state index in [1.165, 1.54) is 11.1 Å². The maximum Gasteiger partial charge on any atom is 0.162 e. The Labute approximate surface area is 203 Å². The van der Waals surface area contributed by atoms with Crippen LogP contribution in [0.5, 0.6) is 11.5 Å². The van der Waals surface area contributed by atoms with Crippen molar-refractivity contribution in [3.8, 4) is 11.5 Å². The molecule has 0 spiro atoms. The number of para-hydroxylation sites is 2. The quantitative estimate of drug-likeness (QED) is 0.232. The summed E-state index contributed by atoms with van der Waals surface area (Å²) in [5.41, 5.74) is 5.66. The minimum absolute atomic E-state index is 0.512. The smallest absolute Gasteiger partial charge is 0.162 e. The van der Waals surface area contributed by atoms with Crippen LogP contribution in [-0.4, -0.2) is 23.1 Å². The van der Waals surface area contributed by atoms with Crippen LogP contribution in [-0.2, 0) is 19.6 Å². The Kier molecular flexibility index (Phi) is 8.02. The number of ether oxygens (including phenoxy) is 2. The molecule has 0 bridgehead atoms. The standard InChI is InChI=1S/C27H30BrN3O2/c1-3-32-25-15-21(22(28)16-26(25)33-18-20-10-5-4-9-19(20)2)17-29-14-8-13-27-30-23-11-6-7-12-24(23)31-27/h4-7,9-12,15-16,29H,3,8,13-14,17-18H2,1-2H3,(H,30,31). The van der Waals surface area contributed by atoms with E-state index in [1.807, 2.05) is 43.3 Å². The Bertz CT molecular complexity index is 1170. The first kappa shape index (κ1) is 23.3. The number of imidazole rings is 1. The van der Waals surface area contributed by atoms with Gasteiger partial charge in [-0.25, -0.2) is 4.98 Å². The van der Waals surface area contributed by atoms with Crippen LogP contribution in [0.1, 0.15) is 35.9 Å². The molecular formula is C27H30BrN3O2. The second-order valence-electron chi connectivity index (χ2n) is 8.02. The van der Waals surface area contributed by atoms with Gasteiger partial charge in [-0.3, -0.25) is 0 Å². The van der Waals surface area contributed by atoms with E-state index in [2.05, 4.69) is 62.4 Å². The van der Waals surface area contributed by atoms with Crippen LogP contribution in [0.15, 0.2) is 65.1 Å². The van der Waals surface area contributed by atoms with E-state index < -0.39 is 0 Å². The second-order valence-corrected chi connectivity index (χ2v) is 8.87. The number of halogens is 1. The molecule has 1 aromatic heterocycles. The molecule has 6 heteroatoms. The molecule has 0 fully saturated rings. The van der Waals surface area contributed by atoms with Gasteiger partial charge in [-0.15, -0.1) is 0 Å². The largest absolute Gasteiger partial charge is 0.490 e. The molecule has 0 radical (unpaired) electrons. The van der Waals surface area contributed by atoms with Crippen LogP contribution >= 0.6 is 15.9 Å². The van der Waals surface area contributed by atoms with E-state index in [1.54, 1.807) is 0 Å². The third-order valence-electron chi connectivity index (χ3n) is 5.58. The molecule has 3 aromatic carbocycles. The fourth-order valence-electron chi connectivity index (χ4n) is 3.75. The van der Waals surface area contributed by atoms with E-state index in [0.717, 1.165) is 64.3 Å². The van der Waals surface area contributed by atoms with Crippen molar-refractivity contribution in [2.75, 3.05) is 13.2 Å². The number of nitrogens with zero attached hydrogens (tertiary/aromatic N) is 1. The van der Waals surface area contributed by atoms with Gasteiger partial charge in [0.05, 0.1) is 17.6 Å². The van der Waals surface area contributed by atoms with Gasteiger partial charge in [0.2, 0.25) is 0 Å². The van der Waals surface area contributed by atoms with Crippen molar-refractivity contribution in [3.05, 3.63) is 87.7 Å². The average molecular weight is 508 g/mol. The van der Waals surface area contributed by atoms with Gasteiger partial charge in [-0.2, -0.15) is 0 Å². The summed E-state index contributed by atoms with van der Waals surface area (Å²) in [6.07, 6.45) is 1.92. The highest BCUT2D eigenvalue weighted by molar-refractivity contribution is 9.10. The first-order chi connectivity index (χ1) is 16.1. The molecule has 0 atom stereocenters. The Morgan fingerprint density at radius 1 is 0.970 bits per heavy atom. The van der Waals surface area contributed by atoms with E-state index in [9.17, 15) is 0 Å². The molecule has 33 heavy (non-hydrogen) atoms. The zero-order chi connectivity index (χ0) is 23.0. The van der Waals surface area contributed by atoms with Crippen LogP contribution < -0.4 is 14.8 Å². The number of aromatic nitrogens is 2. The lowest BCUT2D eigenvalue weighted by molar-refractivity contribution is 0.268. The SMILES string of the molecule is CCOc1cc(CNCCCc2nc3ccccc3[nH]2)c(Br)cc1OCc1ccccc1C. The van der Waals surface area contributed by atoms with Crippen molar-refractivity contribution >= 4 is 27.0 Å². The molecule has 172 valence electrons. The molecule has 2 N–H and O–H groups in total. The molecule has 0 aliphatic rings. The molecule has 0 saturated carbocycles. The molecule has 0 saturated heterocycles. The molecule has 0 aliphatic heterocycles. The van der Waals surface area contributed by atoms with Crippen LogP contribution in [0.25, 0.3) is 11.0 Å². The van der Waals surface area contributed by atoms with Gasteiger partial charge in [0.25, 0.3) is 0 Å². The lowest BCUT2D eigenvalue weighted by Gasteiger charge is -2.16. The van der Waals surface area contributed by atoms with Crippen molar-refractivity contribution in [1.82, 2.24) is 15.3 Å². The summed E-state index contributed by atoms with van der Waals surface area (Å²) in [4.78, 5) is 8.04. The maximum atomic E-state index is 6.12. The number of H-pyrrole nitrogens is 1. The summed E-state index contributed by atoms with van der Waals surface area (Å²) in [5.74, 6) is 2.56. The monoisotopic (exact) mass is 507 g/mol. The van der Waals surface area contributed by atoms with E-state index >= 15 is 0 Å². The molecule has 4 rings (SSSR count). The third-order valence-corrected chi connectivity index (χ3v) is 6.32.